The van der Waals surface area contributed by atoms with Crippen LogP contribution in [0.25, 0.3) is 5.57 Å². The van der Waals surface area contributed by atoms with E-state index in [1.165, 1.54) is 0 Å². The molecule has 31 heavy (non-hydrogen) atoms. The van der Waals surface area contributed by atoms with Crippen molar-refractivity contribution in [1.82, 2.24) is 9.80 Å². The van der Waals surface area contributed by atoms with Gasteiger partial charge in [0.1, 0.15) is 5.82 Å². The molecule has 0 aromatic heterocycles. The lowest BCUT2D eigenvalue weighted by Gasteiger charge is -2.39. The molecule has 1 aromatic rings. The minimum absolute atomic E-state index is 0.221. The number of nitriles is 1. The van der Waals surface area contributed by atoms with Gasteiger partial charge in [-0.05, 0) is 43.5 Å². The molecule has 2 aliphatic rings. The Morgan fingerprint density at radius 2 is 1.55 bits per heavy atom. The zero-order chi connectivity index (χ0) is 22.5. The molecule has 0 saturated carbocycles. The van der Waals surface area contributed by atoms with Gasteiger partial charge in [0.2, 0.25) is 0 Å². The number of nitrogens with zero attached hydrogens (tertiary/aromatic N) is 4. The third-order valence-electron chi connectivity index (χ3n) is 6.01. The second-order valence-corrected chi connectivity index (χ2v) is 8.20. The minimum atomic E-state index is -0.221. The molecule has 0 amide bonds. The lowest BCUT2D eigenvalue weighted by Crippen LogP contribution is -2.46. The minimum Gasteiger partial charge on any atom is -0.371 e. The van der Waals surface area contributed by atoms with Crippen molar-refractivity contribution < 1.29 is 4.39 Å². The van der Waals surface area contributed by atoms with Crippen molar-refractivity contribution in [1.29, 1.82) is 5.26 Å². The number of hydrogen-bond donors (Lipinski definition) is 0. The molecule has 162 valence electrons. The molecule has 1 aromatic carbocycles. The van der Waals surface area contributed by atoms with E-state index >= 15 is 0 Å². The van der Waals surface area contributed by atoms with Crippen molar-refractivity contribution in [2.24, 2.45) is 0 Å². The predicted octanol–water partition coefficient (Wildman–Crippen LogP) is 5.11. The number of likely N-dealkylation sites (tertiary alicyclic amines) is 1. The van der Waals surface area contributed by atoms with E-state index in [-0.39, 0.29) is 5.82 Å². The van der Waals surface area contributed by atoms with Crippen molar-refractivity contribution in [3.8, 4) is 6.07 Å². The Bertz CT molecular complexity index is 968. The molecule has 2 fully saturated rings. The first-order chi connectivity index (χ1) is 14.8. The van der Waals surface area contributed by atoms with Crippen LogP contribution in [0.1, 0.15) is 25.3 Å². The van der Waals surface area contributed by atoms with E-state index in [1.54, 1.807) is 12.1 Å². The molecule has 2 saturated heterocycles. The monoisotopic (exact) mass is 418 g/mol. The maximum absolute atomic E-state index is 14.7. The van der Waals surface area contributed by atoms with Crippen molar-refractivity contribution >= 4 is 11.3 Å². The Kier molecular flexibility index (Phi) is 7.02. The highest BCUT2D eigenvalue weighted by Gasteiger charge is 2.25. The van der Waals surface area contributed by atoms with Crippen LogP contribution in [0, 0.1) is 17.1 Å². The number of piperazine rings is 1. The van der Waals surface area contributed by atoms with E-state index in [0.29, 0.717) is 37.4 Å². The van der Waals surface area contributed by atoms with Crippen LogP contribution in [0.2, 0.25) is 0 Å². The van der Waals surface area contributed by atoms with Crippen molar-refractivity contribution in [3.63, 3.8) is 0 Å². The van der Waals surface area contributed by atoms with Gasteiger partial charge in [-0.15, -0.1) is 0 Å². The molecule has 5 heteroatoms. The van der Waals surface area contributed by atoms with Crippen molar-refractivity contribution in [2.75, 3.05) is 44.2 Å². The van der Waals surface area contributed by atoms with Crippen LogP contribution in [-0.2, 0) is 0 Å². The first-order valence-electron chi connectivity index (χ1n) is 10.7. The van der Waals surface area contributed by atoms with Crippen molar-refractivity contribution in [2.45, 2.75) is 19.8 Å². The lowest BCUT2D eigenvalue weighted by molar-refractivity contribution is 0.323. The highest BCUT2D eigenvalue weighted by Crippen LogP contribution is 2.29. The molecule has 2 heterocycles. The van der Waals surface area contributed by atoms with Crippen LogP contribution in [0.4, 0.5) is 10.1 Å². The van der Waals surface area contributed by atoms with Crippen LogP contribution in [0.3, 0.4) is 0 Å². The SMILES string of the molecule is C=C(C#N)/C=C(\C(=C)N1CCCC1)C(=C)N1CCN(c2ccc(C(=C)C)cc2F)CC1. The summed E-state index contributed by atoms with van der Waals surface area (Å²) < 4.78 is 14.7. The van der Waals surface area contributed by atoms with Crippen LogP contribution in [0.15, 0.2) is 73.1 Å². The van der Waals surface area contributed by atoms with E-state index in [4.69, 9.17) is 0 Å². The molecule has 0 bridgehead atoms. The van der Waals surface area contributed by atoms with Gasteiger partial charge in [0.15, 0.2) is 0 Å². The largest absolute Gasteiger partial charge is 0.371 e. The average molecular weight is 419 g/mol. The van der Waals surface area contributed by atoms with Gasteiger partial charge in [-0.2, -0.15) is 5.26 Å². The van der Waals surface area contributed by atoms with Crippen LogP contribution in [0.5, 0.6) is 0 Å². The molecule has 0 unspecified atom stereocenters. The second-order valence-electron chi connectivity index (χ2n) is 8.20. The van der Waals surface area contributed by atoms with Gasteiger partial charge < -0.3 is 14.7 Å². The molecule has 0 N–H and O–H groups in total. The Labute approximate surface area is 185 Å². The second kappa shape index (κ2) is 9.70. The first kappa shape index (κ1) is 22.4. The van der Waals surface area contributed by atoms with Gasteiger partial charge in [0.05, 0.1) is 11.8 Å². The summed E-state index contributed by atoms with van der Waals surface area (Å²) in [6, 6.07) is 7.40. The Hall–Kier alpha value is -3.26. The number of benzene rings is 1. The number of rotatable bonds is 7. The smallest absolute Gasteiger partial charge is 0.147 e. The normalized spacial score (nSPS) is 16.8. The fourth-order valence-corrected chi connectivity index (χ4v) is 4.11. The standard InChI is InChI=1S/C26H31FN4/c1-19(2)23-8-9-26(25(27)17-23)31-14-12-30(13-15-31)22(5)24(16-20(3)18-28)21(4)29-10-6-7-11-29/h8-9,16-17H,1,3-7,10-15H2,2H3/b24-16+. The molecular formula is C26H31FN4. The quantitative estimate of drug-likeness (QED) is 0.455. The summed E-state index contributed by atoms with van der Waals surface area (Å²) in [5.41, 5.74) is 5.26. The summed E-state index contributed by atoms with van der Waals surface area (Å²) in [5.74, 6) is -0.221. The number of halogens is 1. The van der Waals surface area contributed by atoms with Gasteiger partial charge >= 0.3 is 0 Å². The maximum atomic E-state index is 14.7. The van der Waals surface area contributed by atoms with Crippen molar-refractivity contribution in [3.05, 3.63) is 84.5 Å². The van der Waals surface area contributed by atoms with Gasteiger partial charge in [-0.25, -0.2) is 4.39 Å². The highest BCUT2D eigenvalue weighted by atomic mass is 19.1. The number of hydrogen-bond acceptors (Lipinski definition) is 4. The average Bonchev–Trinajstić information content (AvgIpc) is 3.31. The lowest BCUT2D eigenvalue weighted by atomic mass is 10.0. The van der Waals surface area contributed by atoms with Crippen LogP contribution in [-0.4, -0.2) is 49.1 Å². The predicted molar refractivity (Wildman–Crippen MR) is 127 cm³/mol. The van der Waals surface area contributed by atoms with Crippen LogP contribution >= 0.6 is 0 Å². The van der Waals surface area contributed by atoms with E-state index in [9.17, 15) is 9.65 Å². The third kappa shape index (κ3) is 5.08. The Morgan fingerprint density at radius 1 is 0.968 bits per heavy atom. The topological polar surface area (TPSA) is 33.5 Å². The molecule has 0 spiro atoms. The number of anilines is 1. The van der Waals surface area contributed by atoms with Gasteiger partial charge in [0.25, 0.3) is 0 Å². The fraction of sp³-hybridized carbons (Fsp3) is 0.346. The van der Waals surface area contributed by atoms with E-state index in [1.807, 2.05) is 19.1 Å². The van der Waals surface area contributed by atoms with Gasteiger partial charge in [-0.1, -0.05) is 38.0 Å². The summed E-state index contributed by atoms with van der Waals surface area (Å²) >= 11 is 0. The van der Waals surface area contributed by atoms with E-state index in [2.05, 4.69) is 47.1 Å². The summed E-state index contributed by atoms with van der Waals surface area (Å²) in [5, 5.41) is 9.24. The summed E-state index contributed by atoms with van der Waals surface area (Å²) in [6.45, 7) is 22.9. The molecule has 0 aliphatic carbocycles. The zero-order valence-corrected chi connectivity index (χ0v) is 18.5. The summed E-state index contributed by atoms with van der Waals surface area (Å²) in [7, 11) is 0. The molecule has 3 rings (SSSR count). The molecule has 4 nitrogen and oxygen atoms in total. The molecule has 2 aliphatic heterocycles. The summed E-state index contributed by atoms with van der Waals surface area (Å²) in [4.78, 5) is 6.50. The Morgan fingerprint density at radius 3 is 2.06 bits per heavy atom. The van der Waals surface area contributed by atoms with E-state index in [0.717, 1.165) is 54.0 Å². The first-order valence-corrected chi connectivity index (χ1v) is 10.7. The summed E-state index contributed by atoms with van der Waals surface area (Å²) in [6.07, 6.45) is 4.07. The van der Waals surface area contributed by atoms with E-state index < -0.39 is 0 Å². The Balaban J connectivity index is 1.72. The highest BCUT2D eigenvalue weighted by molar-refractivity contribution is 5.64. The molecule has 0 atom stereocenters. The van der Waals surface area contributed by atoms with Crippen LogP contribution < -0.4 is 4.90 Å². The zero-order valence-electron chi connectivity index (χ0n) is 18.5. The fourth-order valence-electron chi connectivity index (χ4n) is 4.11. The van der Waals surface area contributed by atoms with Gasteiger partial charge in [-0.3, -0.25) is 0 Å². The molecular weight excluding hydrogens is 387 g/mol. The third-order valence-corrected chi connectivity index (χ3v) is 6.01. The van der Waals surface area contributed by atoms with Gasteiger partial charge in [0, 0.05) is 61.8 Å². The maximum Gasteiger partial charge on any atom is 0.147 e. The number of allylic oxidation sites excluding steroid dienone is 3. The molecule has 0 radical (unpaired) electrons.